The number of aliphatic hydroxyl groups excluding tert-OH is 1. The van der Waals surface area contributed by atoms with Crippen molar-refractivity contribution in [3.05, 3.63) is 34.9 Å². The van der Waals surface area contributed by atoms with E-state index in [1.165, 1.54) is 0 Å². The molecule has 3 nitrogen and oxygen atoms in total. The Morgan fingerprint density at radius 3 is 2.48 bits per heavy atom. The fourth-order valence-electron chi connectivity index (χ4n) is 2.03. The number of benzene rings is 1. The Morgan fingerprint density at radius 1 is 1.38 bits per heavy atom. The van der Waals surface area contributed by atoms with E-state index in [4.69, 9.17) is 5.11 Å². The first kappa shape index (κ1) is 17.3. The monoisotopic (exact) mass is 287 g/mol. The summed E-state index contributed by atoms with van der Waals surface area (Å²) in [5.41, 5.74) is 2.48. The van der Waals surface area contributed by atoms with E-state index in [9.17, 15) is 4.79 Å². The molecule has 1 unspecified atom stereocenters. The van der Waals surface area contributed by atoms with Crippen LogP contribution in [0, 0.1) is 24.2 Å². The van der Waals surface area contributed by atoms with Crippen LogP contribution in [0.3, 0.4) is 0 Å². The molecule has 0 radical (unpaired) electrons. The second kappa shape index (κ2) is 6.78. The van der Waals surface area contributed by atoms with Crippen molar-refractivity contribution in [2.75, 3.05) is 13.7 Å². The molecule has 1 atom stereocenters. The maximum absolute atomic E-state index is 12.6. The highest BCUT2D eigenvalue weighted by molar-refractivity contribution is 5.94. The molecule has 1 amide bonds. The minimum atomic E-state index is -0.161. The molecule has 1 N–H and O–H groups in total. The molecule has 0 saturated heterocycles. The van der Waals surface area contributed by atoms with Gasteiger partial charge in [0.1, 0.15) is 6.61 Å². The van der Waals surface area contributed by atoms with Crippen LogP contribution in [-0.4, -0.2) is 35.6 Å². The number of hydrogen-bond donors (Lipinski definition) is 1. The largest absolute Gasteiger partial charge is 0.384 e. The molecule has 0 bridgehead atoms. The predicted molar refractivity (Wildman–Crippen MR) is 86.2 cm³/mol. The van der Waals surface area contributed by atoms with Gasteiger partial charge in [0, 0.05) is 24.2 Å². The van der Waals surface area contributed by atoms with E-state index in [2.05, 4.69) is 39.5 Å². The van der Waals surface area contributed by atoms with Gasteiger partial charge in [0.25, 0.3) is 5.91 Å². The quantitative estimate of drug-likeness (QED) is 0.850. The predicted octanol–water partition coefficient (Wildman–Crippen LogP) is 2.85. The Labute approximate surface area is 128 Å². The smallest absolute Gasteiger partial charge is 0.253 e. The second-order valence-electron chi connectivity index (χ2n) is 6.45. The average Bonchev–Trinajstić information content (AvgIpc) is 2.42. The summed E-state index contributed by atoms with van der Waals surface area (Å²) in [6, 6.07) is 5.62. The van der Waals surface area contributed by atoms with Gasteiger partial charge >= 0.3 is 0 Å². The molecule has 1 aromatic rings. The van der Waals surface area contributed by atoms with Crippen LogP contribution >= 0.6 is 0 Å². The van der Waals surface area contributed by atoms with Crippen LogP contribution in [0.1, 0.15) is 49.2 Å². The molecule has 3 heteroatoms. The highest BCUT2D eigenvalue weighted by Gasteiger charge is 2.27. The summed E-state index contributed by atoms with van der Waals surface area (Å²) >= 11 is 0. The average molecular weight is 287 g/mol. The number of carbonyl (C=O) groups excluding carboxylic acids is 1. The van der Waals surface area contributed by atoms with Crippen LogP contribution < -0.4 is 0 Å². The number of aryl methyl sites for hydroxylation is 1. The molecule has 21 heavy (non-hydrogen) atoms. The third-order valence-corrected chi connectivity index (χ3v) is 3.93. The second-order valence-corrected chi connectivity index (χ2v) is 6.45. The minimum Gasteiger partial charge on any atom is -0.384 e. The normalized spacial score (nSPS) is 12.3. The Morgan fingerprint density at radius 2 is 2.00 bits per heavy atom. The van der Waals surface area contributed by atoms with Crippen molar-refractivity contribution in [2.24, 2.45) is 5.41 Å². The number of amides is 1. The van der Waals surface area contributed by atoms with Crippen LogP contribution in [0.2, 0.25) is 0 Å². The van der Waals surface area contributed by atoms with E-state index in [-0.39, 0.29) is 24.0 Å². The molecular weight excluding hydrogens is 262 g/mol. The van der Waals surface area contributed by atoms with Crippen LogP contribution in [0.15, 0.2) is 18.2 Å². The number of nitrogens with zero attached hydrogens (tertiary/aromatic N) is 1. The lowest BCUT2D eigenvalue weighted by atomic mass is 9.87. The fourth-order valence-corrected chi connectivity index (χ4v) is 2.03. The molecule has 0 saturated carbocycles. The molecule has 0 aliphatic heterocycles. The first-order valence-corrected chi connectivity index (χ1v) is 7.16. The number of carbonyl (C=O) groups is 1. The molecule has 0 aliphatic carbocycles. The van der Waals surface area contributed by atoms with Crippen molar-refractivity contribution in [2.45, 2.75) is 40.7 Å². The molecule has 0 fully saturated rings. The molecule has 0 spiro atoms. The minimum absolute atomic E-state index is 0.0159. The molecule has 114 valence electrons. The van der Waals surface area contributed by atoms with E-state index >= 15 is 0 Å². The van der Waals surface area contributed by atoms with Gasteiger partial charge in [-0.2, -0.15) is 0 Å². The zero-order chi connectivity index (χ0) is 16.2. The van der Waals surface area contributed by atoms with Gasteiger partial charge in [-0.3, -0.25) is 4.79 Å². The van der Waals surface area contributed by atoms with Gasteiger partial charge in [-0.1, -0.05) is 32.6 Å². The lowest BCUT2D eigenvalue weighted by molar-refractivity contribution is 0.0629. The Kier molecular flexibility index (Phi) is 5.57. The standard InChI is InChI=1S/C18H25NO2/c1-13-12-16(10-9-15(13)8-7-11-20)17(21)19(6)14(2)18(3,4)5/h9-10,12,14,20H,11H2,1-6H3. The number of rotatable bonds is 2. The highest BCUT2D eigenvalue weighted by Crippen LogP contribution is 2.24. The summed E-state index contributed by atoms with van der Waals surface area (Å²) in [6.45, 7) is 10.2. The first-order chi connectivity index (χ1) is 9.68. The zero-order valence-corrected chi connectivity index (χ0v) is 13.8. The first-order valence-electron chi connectivity index (χ1n) is 7.16. The Hall–Kier alpha value is -1.79. The van der Waals surface area contributed by atoms with Crippen LogP contribution in [0.25, 0.3) is 0 Å². The van der Waals surface area contributed by atoms with Crippen molar-refractivity contribution in [1.29, 1.82) is 0 Å². The highest BCUT2D eigenvalue weighted by atomic mass is 16.2. The van der Waals surface area contributed by atoms with E-state index in [1.807, 2.05) is 26.1 Å². The van der Waals surface area contributed by atoms with E-state index < -0.39 is 0 Å². The van der Waals surface area contributed by atoms with E-state index in [0.29, 0.717) is 5.56 Å². The number of hydrogen-bond acceptors (Lipinski definition) is 2. The lowest BCUT2D eigenvalue weighted by Crippen LogP contribution is -2.43. The van der Waals surface area contributed by atoms with Crippen LogP contribution in [0.5, 0.6) is 0 Å². The molecule has 0 aliphatic rings. The van der Waals surface area contributed by atoms with Crippen molar-refractivity contribution in [3.63, 3.8) is 0 Å². The summed E-state index contributed by atoms with van der Waals surface area (Å²) in [6.07, 6.45) is 0. The SMILES string of the molecule is Cc1cc(C(=O)N(C)C(C)C(C)(C)C)ccc1C#CCO. The Bertz CT molecular complexity index is 573. The fraction of sp³-hybridized carbons (Fsp3) is 0.500. The summed E-state index contributed by atoms with van der Waals surface area (Å²) in [4.78, 5) is 14.3. The van der Waals surface area contributed by atoms with Gasteiger partial charge in [-0.05, 0) is 43.0 Å². The van der Waals surface area contributed by atoms with Gasteiger partial charge < -0.3 is 10.0 Å². The molecule has 1 aromatic carbocycles. The van der Waals surface area contributed by atoms with Crippen LogP contribution in [-0.2, 0) is 0 Å². The summed E-state index contributed by atoms with van der Waals surface area (Å²) in [5.74, 6) is 5.52. The summed E-state index contributed by atoms with van der Waals surface area (Å²) in [7, 11) is 1.84. The lowest BCUT2D eigenvalue weighted by Gasteiger charge is -2.35. The molecule has 0 heterocycles. The van der Waals surface area contributed by atoms with E-state index in [1.54, 1.807) is 11.0 Å². The molecule has 0 aromatic heterocycles. The third kappa shape index (κ3) is 4.34. The van der Waals surface area contributed by atoms with Crippen molar-refractivity contribution >= 4 is 5.91 Å². The van der Waals surface area contributed by atoms with Gasteiger partial charge in [0.15, 0.2) is 0 Å². The molecular formula is C18H25NO2. The summed E-state index contributed by atoms with van der Waals surface area (Å²) in [5, 5.41) is 8.74. The number of aliphatic hydroxyl groups is 1. The topological polar surface area (TPSA) is 40.5 Å². The van der Waals surface area contributed by atoms with Crippen LogP contribution in [0.4, 0.5) is 0 Å². The molecule has 1 rings (SSSR count). The van der Waals surface area contributed by atoms with Crippen molar-refractivity contribution in [1.82, 2.24) is 4.90 Å². The third-order valence-electron chi connectivity index (χ3n) is 3.93. The van der Waals surface area contributed by atoms with Gasteiger partial charge in [-0.25, -0.2) is 0 Å². The van der Waals surface area contributed by atoms with Crippen molar-refractivity contribution in [3.8, 4) is 11.8 Å². The maximum atomic E-state index is 12.6. The maximum Gasteiger partial charge on any atom is 0.253 e. The van der Waals surface area contributed by atoms with Gasteiger partial charge in [0.05, 0.1) is 0 Å². The Balaban J connectivity index is 3.01. The summed E-state index contributed by atoms with van der Waals surface area (Å²) < 4.78 is 0. The zero-order valence-electron chi connectivity index (χ0n) is 13.8. The van der Waals surface area contributed by atoms with E-state index in [0.717, 1.165) is 11.1 Å². The van der Waals surface area contributed by atoms with Crippen molar-refractivity contribution < 1.29 is 9.90 Å². The van der Waals surface area contributed by atoms with Gasteiger partial charge in [-0.15, -0.1) is 0 Å². The van der Waals surface area contributed by atoms with Gasteiger partial charge in [0.2, 0.25) is 0 Å².